The first-order chi connectivity index (χ1) is 6.02. The fourth-order valence-electron chi connectivity index (χ4n) is 0.971. The second-order valence-electron chi connectivity index (χ2n) is 2.93. The van der Waals surface area contributed by atoms with E-state index in [2.05, 4.69) is 19.2 Å². The molecule has 0 bridgehead atoms. The van der Waals surface area contributed by atoms with Gasteiger partial charge in [0, 0.05) is 22.7 Å². The van der Waals surface area contributed by atoms with Gasteiger partial charge in [-0.2, -0.15) is 0 Å². The molecule has 0 N–H and O–H groups in total. The molecule has 0 spiro atoms. The zero-order valence-corrected chi connectivity index (χ0v) is 9.36. The van der Waals surface area contributed by atoms with Crippen molar-refractivity contribution in [2.24, 2.45) is 0 Å². The predicted octanol–water partition coefficient (Wildman–Crippen LogP) is 3.60. The fraction of sp³-hybridized carbons (Fsp3) is 0.200. The quantitative estimate of drug-likeness (QED) is 0.735. The molecule has 0 aliphatic heterocycles. The third kappa shape index (κ3) is 2.42. The van der Waals surface area contributed by atoms with Crippen molar-refractivity contribution >= 4 is 29.9 Å². The van der Waals surface area contributed by atoms with Crippen LogP contribution in [0.2, 0.25) is 5.02 Å². The standard InChI is InChI=1S/C10H12ClNS/c1-7(2)12(3)9-6-8(11)4-5-10(9)13/h4-6,13H,1H2,2-3H3. The molecule has 1 aromatic carbocycles. The Kier molecular flexibility index (Phi) is 3.28. The Bertz CT molecular complexity index is 336. The number of halogens is 1. The Morgan fingerprint density at radius 2 is 2.15 bits per heavy atom. The molecular formula is C10H12ClNS. The van der Waals surface area contributed by atoms with Crippen LogP contribution in [0.3, 0.4) is 0 Å². The van der Waals surface area contributed by atoms with Crippen LogP contribution in [0.5, 0.6) is 0 Å². The fourth-order valence-corrected chi connectivity index (χ4v) is 1.43. The lowest BCUT2D eigenvalue weighted by Gasteiger charge is -2.20. The van der Waals surface area contributed by atoms with Crippen LogP contribution in [0, 0.1) is 0 Å². The van der Waals surface area contributed by atoms with Gasteiger partial charge in [0.05, 0.1) is 5.69 Å². The van der Waals surface area contributed by atoms with E-state index in [9.17, 15) is 0 Å². The van der Waals surface area contributed by atoms with Crippen LogP contribution >= 0.6 is 24.2 Å². The average Bonchev–Trinajstić information content (AvgIpc) is 2.08. The minimum absolute atomic E-state index is 0.709. The van der Waals surface area contributed by atoms with Gasteiger partial charge >= 0.3 is 0 Å². The molecule has 0 amide bonds. The summed E-state index contributed by atoms with van der Waals surface area (Å²) in [5, 5.41) is 0.709. The number of hydrogen-bond acceptors (Lipinski definition) is 2. The van der Waals surface area contributed by atoms with Gasteiger partial charge in [0.2, 0.25) is 0 Å². The smallest absolute Gasteiger partial charge is 0.0555 e. The maximum Gasteiger partial charge on any atom is 0.0555 e. The first-order valence-electron chi connectivity index (χ1n) is 3.90. The largest absolute Gasteiger partial charge is 0.348 e. The number of rotatable bonds is 2. The summed E-state index contributed by atoms with van der Waals surface area (Å²) >= 11 is 10.2. The van der Waals surface area contributed by atoms with Gasteiger partial charge in [-0.05, 0) is 25.1 Å². The Balaban J connectivity index is 3.12. The summed E-state index contributed by atoms with van der Waals surface area (Å²) < 4.78 is 0. The van der Waals surface area contributed by atoms with Crippen LogP contribution in [0.1, 0.15) is 6.92 Å². The number of anilines is 1. The molecular weight excluding hydrogens is 202 g/mol. The van der Waals surface area contributed by atoms with E-state index >= 15 is 0 Å². The number of thiol groups is 1. The number of allylic oxidation sites excluding steroid dienone is 1. The monoisotopic (exact) mass is 213 g/mol. The normalized spacial score (nSPS) is 9.85. The van der Waals surface area contributed by atoms with Crippen molar-refractivity contribution in [2.45, 2.75) is 11.8 Å². The molecule has 0 aliphatic rings. The van der Waals surface area contributed by atoms with Gasteiger partial charge in [-0.1, -0.05) is 18.2 Å². The van der Waals surface area contributed by atoms with Crippen LogP contribution in [-0.4, -0.2) is 7.05 Å². The molecule has 1 aromatic rings. The maximum atomic E-state index is 5.88. The van der Waals surface area contributed by atoms with Crippen LogP contribution in [0.4, 0.5) is 5.69 Å². The van der Waals surface area contributed by atoms with E-state index in [0.29, 0.717) is 5.02 Å². The second kappa shape index (κ2) is 4.07. The molecule has 0 fully saturated rings. The lowest BCUT2D eigenvalue weighted by molar-refractivity contribution is 1.08. The molecule has 0 saturated heterocycles. The zero-order valence-electron chi connectivity index (χ0n) is 7.71. The first-order valence-corrected chi connectivity index (χ1v) is 4.72. The van der Waals surface area contributed by atoms with Crippen molar-refractivity contribution in [2.75, 3.05) is 11.9 Å². The van der Waals surface area contributed by atoms with Gasteiger partial charge in [-0.25, -0.2) is 0 Å². The van der Waals surface area contributed by atoms with Crippen LogP contribution < -0.4 is 4.90 Å². The molecule has 0 aliphatic carbocycles. The zero-order chi connectivity index (χ0) is 10.0. The molecule has 0 unspecified atom stereocenters. The van der Waals surface area contributed by atoms with Gasteiger partial charge < -0.3 is 4.90 Å². The summed E-state index contributed by atoms with van der Waals surface area (Å²) in [5.41, 5.74) is 1.93. The highest BCUT2D eigenvalue weighted by molar-refractivity contribution is 7.80. The molecule has 3 heteroatoms. The van der Waals surface area contributed by atoms with E-state index in [-0.39, 0.29) is 0 Å². The molecule has 0 saturated carbocycles. The molecule has 1 nitrogen and oxygen atoms in total. The third-order valence-electron chi connectivity index (χ3n) is 1.87. The number of nitrogens with zero attached hydrogens (tertiary/aromatic N) is 1. The Morgan fingerprint density at radius 1 is 1.54 bits per heavy atom. The molecule has 0 aromatic heterocycles. The lowest BCUT2D eigenvalue weighted by Crippen LogP contribution is -2.13. The van der Waals surface area contributed by atoms with Crippen molar-refractivity contribution in [1.29, 1.82) is 0 Å². The third-order valence-corrected chi connectivity index (χ3v) is 2.48. The molecule has 13 heavy (non-hydrogen) atoms. The molecule has 1 rings (SSSR count). The van der Waals surface area contributed by atoms with E-state index < -0.39 is 0 Å². The van der Waals surface area contributed by atoms with E-state index in [1.54, 1.807) is 0 Å². The molecule has 70 valence electrons. The van der Waals surface area contributed by atoms with Crippen molar-refractivity contribution in [1.82, 2.24) is 0 Å². The first kappa shape index (κ1) is 10.5. The van der Waals surface area contributed by atoms with Crippen LogP contribution in [0.25, 0.3) is 0 Å². The Morgan fingerprint density at radius 3 is 2.69 bits per heavy atom. The van der Waals surface area contributed by atoms with E-state index in [1.165, 1.54) is 0 Å². The van der Waals surface area contributed by atoms with Gasteiger partial charge in [-0.15, -0.1) is 12.6 Å². The average molecular weight is 214 g/mol. The predicted molar refractivity (Wildman–Crippen MR) is 61.9 cm³/mol. The summed E-state index contributed by atoms with van der Waals surface area (Å²) in [6.45, 7) is 5.79. The maximum absolute atomic E-state index is 5.88. The number of hydrogen-bond donors (Lipinski definition) is 1. The highest BCUT2D eigenvalue weighted by atomic mass is 35.5. The lowest BCUT2D eigenvalue weighted by atomic mass is 10.3. The SMILES string of the molecule is C=C(C)N(C)c1cc(Cl)ccc1S. The van der Waals surface area contributed by atoms with E-state index in [0.717, 1.165) is 16.3 Å². The molecule has 0 atom stereocenters. The van der Waals surface area contributed by atoms with Gasteiger partial charge in [0.1, 0.15) is 0 Å². The summed E-state index contributed by atoms with van der Waals surface area (Å²) in [6.07, 6.45) is 0. The van der Waals surface area contributed by atoms with Gasteiger partial charge in [-0.3, -0.25) is 0 Å². The Labute approximate surface area is 89.4 Å². The minimum Gasteiger partial charge on any atom is -0.348 e. The van der Waals surface area contributed by atoms with E-state index in [4.69, 9.17) is 11.6 Å². The topological polar surface area (TPSA) is 3.24 Å². The van der Waals surface area contributed by atoms with Crippen molar-refractivity contribution in [3.05, 3.63) is 35.5 Å². The summed E-state index contributed by atoms with van der Waals surface area (Å²) in [7, 11) is 1.94. The summed E-state index contributed by atoms with van der Waals surface area (Å²) in [4.78, 5) is 2.85. The van der Waals surface area contributed by atoms with Crippen molar-refractivity contribution in [3.8, 4) is 0 Å². The van der Waals surface area contributed by atoms with Crippen LogP contribution in [0.15, 0.2) is 35.4 Å². The van der Waals surface area contributed by atoms with Crippen LogP contribution in [-0.2, 0) is 0 Å². The summed E-state index contributed by atoms with van der Waals surface area (Å²) in [5.74, 6) is 0. The van der Waals surface area contributed by atoms with Crippen molar-refractivity contribution < 1.29 is 0 Å². The molecule has 0 heterocycles. The minimum atomic E-state index is 0.709. The highest BCUT2D eigenvalue weighted by Gasteiger charge is 2.05. The van der Waals surface area contributed by atoms with E-state index in [1.807, 2.05) is 37.1 Å². The second-order valence-corrected chi connectivity index (χ2v) is 3.85. The summed E-state index contributed by atoms with van der Waals surface area (Å²) in [6, 6.07) is 5.57. The van der Waals surface area contributed by atoms with Gasteiger partial charge in [0.15, 0.2) is 0 Å². The van der Waals surface area contributed by atoms with Gasteiger partial charge in [0.25, 0.3) is 0 Å². The Hall–Kier alpha value is -0.600. The molecule has 0 radical (unpaired) electrons. The van der Waals surface area contributed by atoms with Crippen molar-refractivity contribution in [3.63, 3.8) is 0 Å². The number of benzene rings is 1. The highest BCUT2D eigenvalue weighted by Crippen LogP contribution is 2.28.